The van der Waals surface area contributed by atoms with E-state index in [1.807, 2.05) is 29.5 Å². The van der Waals surface area contributed by atoms with E-state index in [1.165, 1.54) is 6.42 Å². The fraction of sp³-hybridized carbons (Fsp3) is 0.556. The summed E-state index contributed by atoms with van der Waals surface area (Å²) in [7, 11) is 0. The highest BCUT2D eigenvalue weighted by Gasteiger charge is 2.27. The van der Waals surface area contributed by atoms with Gasteiger partial charge >= 0.3 is 0 Å². The predicted molar refractivity (Wildman–Crippen MR) is 96.1 cm³/mol. The van der Waals surface area contributed by atoms with Crippen LogP contribution in [0, 0.1) is 25.7 Å². The lowest BCUT2D eigenvalue weighted by molar-refractivity contribution is 0.0589. The number of piperidine rings is 1. The minimum absolute atomic E-state index is 0.00537. The summed E-state index contributed by atoms with van der Waals surface area (Å²) in [5.74, 6) is 2.24. The molecule has 2 aromatic rings. The van der Waals surface area contributed by atoms with Gasteiger partial charge in [-0.15, -0.1) is 0 Å². The zero-order chi connectivity index (χ0) is 17.4. The van der Waals surface area contributed by atoms with Crippen LogP contribution in [0.1, 0.15) is 48.0 Å². The molecule has 2 atom stereocenters. The highest BCUT2D eigenvalue weighted by atomic mass is 79.9. The first-order chi connectivity index (χ1) is 11.3. The maximum absolute atomic E-state index is 12.7. The number of furan rings is 1. The second-order valence-corrected chi connectivity index (χ2v) is 7.86. The van der Waals surface area contributed by atoms with Gasteiger partial charge in [-0.05, 0) is 60.2 Å². The molecule has 0 N–H and O–H groups in total. The summed E-state index contributed by atoms with van der Waals surface area (Å²) in [5, 5.41) is 4.48. The van der Waals surface area contributed by atoms with E-state index in [0.717, 1.165) is 34.7 Å². The van der Waals surface area contributed by atoms with Crippen LogP contribution >= 0.6 is 15.9 Å². The molecule has 130 valence electrons. The molecule has 2 aromatic heterocycles. The van der Waals surface area contributed by atoms with Gasteiger partial charge in [-0.25, -0.2) is 0 Å². The van der Waals surface area contributed by atoms with E-state index in [4.69, 9.17) is 4.42 Å². The number of likely N-dealkylation sites (tertiary alicyclic amines) is 1. The average molecular weight is 394 g/mol. The number of hydrogen-bond donors (Lipinski definition) is 0. The molecule has 5 nitrogen and oxygen atoms in total. The largest absolute Gasteiger partial charge is 0.454 e. The lowest BCUT2D eigenvalue weighted by Gasteiger charge is -2.34. The van der Waals surface area contributed by atoms with Crippen LogP contribution in [0.5, 0.6) is 0 Å². The van der Waals surface area contributed by atoms with E-state index in [0.29, 0.717) is 24.1 Å². The predicted octanol–water partition coefficient (Wildman–Crippen LogP) is 4.02. The van der Waals surface area contributed by atoms with Gasteiger partial charge in [-0.2, -0.15) is 5.10 Å². The molecule has 2 unspecified atom stereocenters. The Morgan fingerprint density at radius 2 is 1.96 bits per heavy atom. The van der Waals surface area contributed by atoms with Gasteiger partial charge in [0.25, 0.3) is 5.91 Å². The number of carbonyl (C=O) groups excluding carboxylic acids is 1. The first kappa shape index (κ1) is 17.3. The Labute approximate surface area is 151 Å². The van der Waals surface area contributed by atoms with E-state index < -0.39 is 0 Å². The first-order valence-electron chi connectivity index (χ1n) is 8.42. The van der Waals surface area contributed by atoms with Crippen molar-refractivity contribution in [3.05, 3.63) is 39.5 Å². The van der Waals surface area contributed by atoms with Crippen LogP contribution in [0.4, 0.5) is 0 Å². The maximum Gasteiger partial charge on any atom is 0.289 e. The van der Waals surface area contributed by atoms with Crippen LogP contribution < -0.4 is 0 Å². The van der Waals surface area contributed by atoms with Crippen molar-refractivity contribution in [3.63, 3.8) is 0 Å². The maximum atomic E-state index is 12.7. The van der Waals surface area contributed by atoms with Crippen LogP contribution in [0.2, 0.25) is 0 Å². The van der Waals surface area contributed by atoms with Crippen molar-refractivity contribution in [1.82, 2.24) is 14.7 Å². The van der Waals surface area contributed by atoms with Gasteiger partial charge in [0.05, 0.1) is 22.4 Å². The Balaban J connectivity index is 1.73. The molecule has 0 bridgehead atoms. The van der Waals surface area contributed by atoms with Gasteiger partial charge in [0.2, 0.25) is 0 Å². The van der Waals surface area contributed by atoms with E-state index in [2.05, 4.69) is 34.9 Å². The molecular weight excluding hydrogens is 370 g/mol. The summed E-state index contributed by atoms with van der Waals surface area (Å²) in [6.07, 6.45) is 1.18. The molecule has 1 fully saturated rings. The molecule has 0 aromatic carbocycles. The van der Waals surface area contributed by atoms with Crippen LogP contribution in [-0.4, -0.2) is 33.7 Å². The monoisotopic (exact) mass is 393 g/mol. The number of halogens is 1. The topological polar surface area (TPSA) is 51.3 Å². The van der Waals surface area contributed by atoms with Gasteiger partial charge in [0.1, 0.15) is 5.76 Å². The molecule has 1 amide bonds. The van der Waals surface area contributed by atoms with Crippen molar-refractivity contribution in [2.45, 2.75) is 40.7 Å². The molecule has 1 aliphatic rings. The molecule has 1 aliphatic heterocycles. The second kappa shape index (κ2) is 6.75. The number of aromatic nitrogens is 2. The molecule has 3 heterocycles. The third kappa shape index (κ3) is 3.43. The molecule has 0 aliphatic carbocycles. The van der Waals surface area contributed by atoms with E-state index in [1.54, 1.807) is 6.07 Å². The van der Waals surface area contributed by atoms with Crippen molar-refractivity contribution in [2.24, 2.45) is 11.8 Å². The third-order valence-corrected chi connectivity index (χ3v) is 5.77. The van der Waals surface area contributed by atoms with Crippen LogP contribution in [-0.2, 0) is 6.54 Å². The van der Waals surface area contributed by atoms with Crippen molar-refractivity contribution in [1.29, 1.82) is 0 Å². The number of carbonyl (C=O) groups is 1. The summed E-state index contributed by atoms with van der Waals surface area (Å²) in [6, 6.07) is 3.65. The van der Waals surface area contributed by atoms with Gasteiger partial charge in [-0.1, -0.05) is 13.8 Å². The van der Waals surface area contributed by atoms with Crippen molar-refractivity contribution in [2.75, 3.05) is 13.1 Å². The molecule has 3 rings (SSSR count). The zero-order valence-corrected chi connectivity index (χ0v) is 16.3. The number of amides is 1. The lowest BCUT2D eigenvalue weighted by Crippen LogP contribution is -2.42. The molecular formula is C18H24BrN3O2. The highest BCUT2D eigenvalue weighted by molar-refractivity contribution is 9.10. The fourth-order valence-electron chi connectivity index (χ4n) is 3.54. The van der Waals surface area contributed by atoms with Gasteiger partial charge in [-0.3, -0.25) is 9.48 Å². The van der Waals surface area contributed by atoms with Crippen LogP contribution in [0.15, 0.2) is 21.0 Å². The Kier molecular flexibility index (Phi) is 4.85. The van der Waals surface area contributed by atoms with Crippen molar-refractivity contribution < 1.29 is 9.21 Å². The molecule has 0 saturated carbocycles. The summed E-state index contributed by atoms with van der Waals surface area (Å²) in [5.41, 5.74) is 2.00. The Morgan fingerprint density at radius 3 is 2.54 bits per heavy atom. The quantitative estimate of drug-likeness (QED) is 0.790. The number of nitrogens with zero attached hydrogens (tertiary/aromatic N) is 3. The first-order valence-corrected chi connectivity index (χ1v) is 9.22. The number of hydrogen-bond acceptors (Lipinski definition) is 3. The normalized spacial score (nSPS) is 21.3. The van der Waals surface area contributed by atoms with Gasteiger partial charge in [0.15, 0.2) is 5.76 Å². The standard InChI is InChI=1S/C18H24BrN3O2/c1-11-7-12(2)9-21(8-11)18(23)16-6-5-15(24-16)10-22-14(4)17(19)13(3)20-22/h5-6,11-12H,7-10H2,1-4H3. The summed E-state index contributed by atoms with van der Waals surface area (Å²) >= 11 is 3.53. The molecule has 24 heavy (non-hydrogen) atoms. The zero-order valence-electron chi connectivity index (χ0n) is 14.7. The summed E-state index contributed by atoms with van der Waals surface area (Å²) < 4.78 is 8.71. The van der Waals surface area contributed by atoms with E-state index in [-0.39, 0.29) is 5.91 Å². The summed E-state index contributed by atoms with van der Waals surface area (Å²) in [6.45, 7) is 10.5. The SMILES string of the molecule is Cc1nn(Cc2ccc(C(=O)N3CC(C)CC(C)C3)o2)c(C)c1Br. The minimum Gasteiger partial charge on any atom is -0.454 e. The Hall–Kier alpha value is -1.56. The minimum atomic E-state index is -0.00537. The van der Waals surface area contributed by atoms with Gasteiger partial charge in [0, 0.05) is 13.1 Å². The molecule has 1 saturated heterocycles. The van der Waals surface area contributed by atoms with E-state index >= 15 is 0 Å². The highest BCUT2D eigenvalue weighted by Crippen LogP contribution is 2.24. The Morgan fingerprint density at radius 1 is 1.29 bits per heavy atom. The average Bonchev–Trinajstić information content (AvgIpc) is 3.07. The van der Waals surface area contributed by atoms with Gasteiger partial charge < -0.3 is 9.32 Å². The summed E-state index contributed by atoms with van der Waals surface area (Å²) in [4.78, 5) is 14.6. The smallest absolute Gasteiger partial charge is 0.289 e. The van der Waals surface area contributed by atoms with E-state index in [9.17, 15) is 4.79 Å². The molecule has 6 heteroatoms. The lowest BCUT2D eigenvalue weighted by atomic mass is 9.92. The van der Waals surface area contributed by atoms with Crippen molar-refractivity contribution >= 4 is 21.8 Å². The second-order valence-electron chi connectivity index (χ2n) is 7.06. The number of rotatable bonds is 3. The fourth-order valence-corrected chi connectivity index (χ4v) is 3.82. The molecule has 0 radical (unpaired) electrons. The van der Waals surface area contributed by atoms with Crippen molar-refractivity contribution in [3.8, 4) is 0 Å². The number of aryl methyl sites for hydroxylation is 1. The molecule has 0 spiro atoms. The van der Waals surface area contributed by atoms with Crippen LogP contribution in [0.3, 0.4) is 0 Å². The Bertz CT molecular complexity index is 740. The third-order valence-electron chi connectivity index (χ3n) is 4.63. The van der Waals surface area contributed by atoms with Crippen LogP contribution in [0.25, 0.3) is 0 Å².